The Balaban J connectivity index is 2.86. The summed E-state index contributed by atoms with van der Waals surface area (Å²) in [4.78, 5) is 0. The molecule has 0 heterocycles. The van der Waals surface area contributed by atoms with Crippen molar-refractivity contribution in [1.82, 2.24) is 0 Å². The summed E-state index contributed by atoms with van der Waals surface area (Å²) in [5, 5.41) is 0.197. The zero-order chi connectivity index (χ0) is 12.1. The van der Waals surface area contributed by atoms with Gasteiger partial charge in [0.15, 0.2) is 0 Å². The van der Waals surface area contributed by atoms with Crippen LogP contribution in [0.4, 0.5) is 0 Å². The van der Waals surface area contributed by atoms with Crippen LogP contribution in [0.1, 0.15) is 25.8 Å². The maximum absolute atomic E-state index is 6.17. The fourth-order valence-corrected chi connectivity index (χ4v) is 2.42. The number of ether oxygens (including phenoxy) is 1. The highest BCUT2D eigenvalue weighted by Crippen LogP contribution is 2.28. The van der Waals surface area contributed by atoms with E-state index in [1.807, 2.05) is 12.1 Å². The molecule has 0 saturated carbocycles. The highest BCUT2D eigenvalue weighted by Gasteiger charge is 2.15. The third-order valence-electron chi connectivity index (χ3n) is 2.91. The van der Waals surface area contributed by atoms with E-state index in [1.54, 1.807) is 7.11 Å². The summed E-state index contributed by atoms with van der Waals surface area (Å²) >= 11 is 9.74. The van der Waals surface area contributed by atoms with Gasteiger partial charge in [0.2, 0.25) is 0 Å². The van der Waals surface area contributed by atoms with Crippen LogP contribution in [-0.4, -0.2) is 12.5 Å². The number of methoxy groups -OCH3 is 1. The number of hydrogen-bond donors (Lipinski definition) is 0. The molecular weight excluding hydrogens is 287 g/mol. The van der Waals surface area contributed by atoms with Crippen molar-refractivity contribution in [2.24, 2.45) is 5.92 Å². The molecule has 0 saturated heterocycles. The van der Waals surface area contributed by atoms with E-state index in [-0.39, 0.29) is 5.38 Å². The summed E-state index contributed by atoms with van der Waals surface area (Å²) in [5.41, 5.74) is 1.26. The molecule has 1 aromatic rings. The van der Waals surface area contributed by atoms with Gasteiger partial charge in [-0.05, 0) is 43.0 Å². The molecule has 0 aliphatic rings. The minimum absolute atomic E-state index is 0.197. The Hall–Kier alpha value is -0.210. The third kappa shape index (κ3) is 3.67. The first-order valence-corrected chi connectivity index (χ1v) is 6.77. The standard InChI is InChI=1S/C13H18BrClO/c1-4-10(9(2)15)7-11-8-12(16-3)5-6-13(11)14/h5-6,8-10H,4,7H2,1-3H3. The molecule has 16 heavy (non-hydrogen) atoms. The van der Waals surface area contributed by atoms with Gasteiger partial charge in [0.25, 0.3) is 0 Å². The topological polar surface area (TPSA) is 9.23 Å². The number of rotatable bonds is 5. The van der Waals surface area contributed by atoms with Gasteiger partial charge in [-0.2, -0.15) is 0 Å². The molecular formula is C13H18BrClO. The Morgan fingerprint density at radius 2 is 2.12 bits per heavy atom. The Morgan fingerprint density at radius 3 is 2.62 bits per heavy atom. The maximum Gasteiger partial charge on any atom is 0.119 e. The smallest absolute Gasteiger partial charge is 0.119 e. The molecule has 2 unspecified atom stereocenters. The van der Waals surface area contributed by atoms with Crippen molar-refractivity contribution >= 4 is 27.5 Å². The van der Waals surface area contributed by atoms with E-state index in [4.69, 9.17) is 16.3 Å². The van der Waals surface area contributed by atoms with Crippen LogP contribution in [0.2, 0.25) is 0 Å². The second-order valence-electron chi connectivity index (χ2n) is 4.01. The summed E-state index contributed by atoms with van der Waals surface area (Å²) in [6.45, 7) is 4.24. The lowest BCUT2D eigenvalue weighted by molar-refractivity contribution is 0.413. The van der Waals surface area contributed by atoms with Crippen LogP contribution in [0.15, 0.2) is 22.7 Å². The minimum atomic E-state index is 0.197. The molecule has 0 amide bonds. The van der Waals surface area contributed by atoms with Crippen LogP contribution in [0, 0.1) is 5.92 Å². The maximum atomic E-state index is 6.17. The lowest BCUT2D eigenvalue weighted by Gasteiger charge is -2.18. The second-order valence-corrected chi connectivity index (χ2v) is 5.55. The molecule has 2 atom stereocenters. The Kier molecular flexibility index (Phi) is 5.63. The predicted octanol–water partition coefficient (Wildman–Crippen LogP) is 4.65. The first-order valence-electron chi connectivity index (χ1n) is 5.55. The van der Waals surface area contributed by atoms with Crippen LogP contribution in [0.3, 0.4) is 0 Å². The van der Waals surface area contributed by atoms with Crippen LogP contribution in [0.5, 0.6) is 5.75 Å². The number of halogens is 2. The Morgan fingerprint density at radius 1 is 1.44 bits per heavy atom. The van der Waals surface area contributed by atoms with Crippen LogP contribution >= 0.6 is 27.5 Å². The van der Waals surface area contributed by atoms with Gasteiger partial charge in [0.05, 0.1) is 7.11 Å². The fourth-order valence-electron chi connectivity index (χ4n) is 1.75. The lowest BCUT2D eigenvalue weighted by Crippen LogP contribution is -2.13. The van der Waals surface area contributed by atoms with Crippen molar-refractivity contribution in [2.45, 2.75) is 32.1 Å². The normalized spacial score (nSPS) is 14.6. The molecule has 90 valence electrons. The SMILES string of the molecule is CCC(Cc1cc(OC)ccc1Br)C(C)Cl. The van der Waals surface area contributed by atoms with Crippen LogP contribution in [0.25, 0.3) is 0 Å². The van der Waals surface area contributed by atoms with Gasteiger partial charge in [-0.3, -0.25) is 0 Å². The number of alkyl halides is 1. The molecule has 0 aliphatic carbocycles. The van der Waals surface area contributed by atoms with E-state index in [1.165, 1.54) is 5.56 Å². The zero-order valence-electron chi connectivity index (χ0n) is 9.97. The van der Waals surface area contributed by atoms with Crippen LogP contribution < -0.4 is 4.74 Å². The molecule has 0 spiro atoms. The predicted molar refractivity (Wildman–Crippen MR) is 73.5 cm³/mol. The van der Waals surface area contributed by atoms with Crippen molar-refractivity contribution < 1.29 is 4.74 Å². The fraction of sp³-hybridized carbons (Fsp3) is 0.538. The first-order chi connectivity index (χ1) is 7.58. The van der Waals surface area contributed by atoms with E-state index in [0.717, 1.165) is 23.1 Å². The second kappa shape index (κ2) is 6.51. The minimum Gasteiger partial charge on any atom is -0.497 e. The van der Waals surface area contributed by atoms with Gasteiger partial charge in [0.1, 0.15) is 5.75 Å². The summed E-state index contributed by atoms with van der Waals surface area (Å²) in [5.74, 6) is 1.40. The van der Waals surface area contributed by atoms with Gasteiger partial charge in [-0.1, -0.05) is 29.3 Å². The summed E-state index contributed by atoms with van der Waals surface area (Å²) in [6, 6.07) is 6.06. The van der Waals surface area contributed by atoms with E-state index < -0.39 is 0 Å². The molecule has 0 bridgehead atoms. The third-order valence-corrected chi connectivity index (χ3v) is 4.04. The van der Waals surface area contributed by atoms with E-state index >= 15 is 0 Å². The van der Waals surface area contributed by atoms with Crippen LogP contribution in [-0.2, 0) is 6.42 Å². The quantitative estimate of drug-likeness (QED) is 0.719. The van der Waals surface area contributed by atoms with Gasteiger partial charge >= 0.3 is 0 Å². The van der Waals surface area contributed by atoms with E-state index in [9.17, 15) is 0 Å². The summed E-state index contributed by atoms with van der Waals surface area (Å²) in [7, 11) is 1.69. The highest BCUT2D eigenvalue weighted by molar-refractivity contribution is 9.10. The van der Waals surface area contributed by atoms with Crippen molar-refractivity contribution in [3.8, 4) is 5.75 Å². The molecule has 1 rings (SSSR count). The number of benzene rings is 1. The van der Waals surface area contributed by atoms with Gasteiger partial charge < -0.3 is 4.74 Å². The van der Waals surface area contributed by atoms with E-state index in [2.05, 4.69) is 35.8 Å². The highest BCUT2D eigenvalue weighted by atomic mass is 79.9. The first kappa shape index (κ1) is 13.9. The largest absolute Gasteiger partial charge is 0.497 e. The monoisotopic (exact) mass is 304 g/mol. The van der Waals surface area contributed by atoms with Crippen molar-refractivity contribution in [2.75, 3.05) is 7.11 Å². The van der Waals surface area contributed by atoms with Crippen molar-refractivity contribution in [1.29, 1.82) is 0 Å². The van der Waals surface area contributed by atoms with Crippen molar-refractivity contribution in [3.63, 3.8) is 0 Å². The van der Waals surface area contributed by atoms with Gasteiger partial charge in [-0.25, -0.2) is 0 Å². The van der Waals surface area contributed by atoms with Crippen molar-refractivity contribution in [3.05, 3.63) is 28.2 Å². The summed E-state index contributed by atoms with van der Waals surface area (Å²) in [6.07, 6.45) is 2.08. The molecule has 0 radical (unpaired) electrons. The zero-order valence-corrected chi connectivity index (χ0v) is 12.3. The van der Waals surface area contributed by atoms with Gasteiger partial charge in [0, 0.05) is 9.85 Å². The molecule has 1 aromatic carbocycles. The Labute approximate surface area is 111 Å². The molecule has 0 fully saturated rings. The number of hydrogen-bond acceptors (Lipinski definition) is 1. The molecule has 0 aromatic heterocycles. The summed E-state index contributed by atoms with van der Waals surface area (Å²) < 4.78 is 6.36. The molecule has 0 N–H and O–H groups in total. The molecule has 1 nitrogen and oxygen atoms in total. The average Bonchev–Trinajstić information content (AvgIpc) is 2.27. The average molecular weight is 306 g/mol. The van der Waals surface area contributed by atoms with E-state index in [0.29, 0.717) is 5.92 Å². The lowest BCUT2D eigenvalue weighted by atomic mass is 9.94. The molecule has 0 aliphatic heterocycles. The molecule has 3 heteroatoms. The van der Waals surface area contributed by atoms with Gasteiger partial charge in [-0.15, -0.1) is 11.6 Å². The Bertz CT molecular complexity index is 339.